The Balaban J connectivity index is 1.66. The Hall–Kier alpha value is -1.54. The van der Waals surface area contributed by atoms with Crippen LogP contribution in [0.25, 0.3) is 0 Å². The minimum atomic E-state index is -0.281. The smallest absolute Gasteiger partial charge is 0.125 e. The predicted octanol–water partition coefficient (Wildman–Crippen LogP) is 4.97. The van der Waals surface area contributed by atoms with Crippen molar-refractivity contribution >= 4 is 17.3 Å². The molecule has 0 unspecified atom stereocenters. The Labute approximate surface area is 117 Å². The summed E-state index contributed by atoms with van der Waals surface area (Å²) >= 11 is 6.01. The molecule has 2 aromatic carbocycles. The zero-order valence-electron chi connectivity index (χ0n) is 10.5. The SMILES string of the molecule is Fc1ccc(Cl)c(NCc2ccc(C3CC3)cc2)c1. The molecule has 1 saturated carbocycles. The standard InChI is InChI=1S/C16H15ClFN/c17-15-8-7-14(18)9-16(15)19-10-11-1-3-12(4-2-11)13-5-6-13/h1-4,7-9,13,19H,5-6,10H2. The van der Waals surface area contributed by atoms with Gasteiger partial charge in [-0.2, -0.15) is 0 Å². The van der Waals surface area contributed by atoms with Crippen LogP contribution in [-0.4, -0.2) is 0 Å². The minimum Gasteiger partial charge on any atom is -0.380 e. The molecule has 1 nitrogen and oxygen atoms in total. The Kier molecular flexibility index (Phi) is 3.43. The fraction of sp³-hybridized carbons (Fsp3) is 0.250. The van der Waals surface area contributed by atoms with E-state index < -0.39 is 0 Å². The molecule has 0 spiro atoms. The fourth-order valence-corrected chi connectivity index (χ4v) is 2.34. The lowest BCUT2D eigenvalue weighted by molar-refractivity contribution is 0.628. The second kappa shape index (κ2) is 5.22. The van der Waals surface area contributed by atoms with Crippen LogP contribution in [0.4, 0.5) is 10.1 Å². The van der Waals surface area contributed by atoms with Crippen molar-refractivity contribution in [3.05, 3.63) is 64.4 Å². The normalized spacial score (nSPS) is 14.4. The summed E-state index contributed by atoms with van der Waals surface area (Å²) in [5, 5.41) is 3.70. The number of rotatable bonds is 4. The molecule has 0 aliphatic heterocycles. The van der Waals surface area contributed by atoms with E-state index in [1.54, 1.807) is 6.07 Å². The van der Waals surface area contributed by atoms with Gasteiger partial charge in [0, 0.05) is 6.54 Å². The number of hydrogen-bond acceptors (Lipinski definition) is 1. The van der Waals surface area contributed by atoms with Crippen LogP contribution < -0.4 is 5.32 Å². The second-order valence-electron chi connectivity index (χ2n) is 4.99. The quantitative estimate of drug-likeness (QED) is 0.831. The van der Waals surface area contributed by atoms with Crippen LogP contribution in [0.15, 0.2) is 42.5 Å². The number of anilines is 1. The van der Waals surface area contributed by atoms with E-state index in [-0.39, 0.29) is 5.82 Å². The van der Waals surface area contributed by atoms with Gasteiger partial charge in [0.25, 0.3) is 0 Å². The van der Waals surface area contributed by atoms with Crippen molar-refractivity contribution in [2.45, 2.75) is 25.3 Å². The Bertz CT molecular complexity index is 576. The van der Waals surface area contributed by atoms with Crippen molar-refractivity contribution in [1.29, 1.82) is 0 Å². The lowest BCUT2D eigenvalue weighted by atomic mass is 10.1. The van der Waals surface area contributed by atoms with Crippen LogP contribution in [-0.2, 0) is 6.54 Å². The van der Waals surface area contributed by atoms with Gasteiger partial charge < -0.3 is 5.32 Å². The lowest BCUT2D eigenvalue weighted by Crippen LogP contribution is -2.00. The third-order valence-corrected chi connectivity index (χ3v) is 3.77. The Morgan fingerprint density at radius 2 is 1.84 bits per heavy atom. The second-order valence-corrected chi connectivity index (χ2v) is 5.40. The van der Waals surface area contributed by atoms with Gasteiger partial charge in [0.2, 0.25) is 0 Å². The van der Waals surface area contributed by atoms with Crippen molar-refractivity contribution in [3.8, 4) is 0 Å². The summed E-state index contributed by atoms with van der Waals surface area (Å²) in [4.78, 5) is 0. The zero-order valence-corrected chi connectivity index (χ0v) is 11.3. The molecule has 1 fully saturated rings. The van der Waals surface area contributed by atoms with E-state index in [1.165, 1.54) is 36.1 Å². The number of benzene rings is 2. The van der Waals surface area contributed by atoms with Crippen LogP contribution in [0, 0.1) is 5.82 Å². The first-order chi connectivity index (χ1) is 9.22. The first kappa shape index (κ1) is 12.5. The summed E-state index contributed by atoms with van der Waals surface area (Å²) in [6.45, 7) is 0.647. The zero-order chi connectivity index (χ0) is 13.2. The van der Waals surface area contributed by atoms with E-state index in [4.69, 9.17) is 11.6 Å². The van der Waals surface area contributed by atoms with Gasteiger partial charge in [-0.1, -0.05) is 35.9 Å². The Morgan fingerprint density at radius 1 is 1.11 bits per heavy atom. The van der Waals surface area contributed by atoms with Crippen LogP contribution in [0.3, 0.4) is 0 Å². The topological polar surface area (TPSA) is 12.0 Å². The first-order valence-corrected chi connectivity index (χ1v) is 6.88. The van der Waals surface area contributed by atoms with Crippen LogP contribution in [0.5, 0.6) is 0 Å². The molecule has 1 N–H and O–H groups in total. The number of nitrogens with one attached hydrogen (secondary N) is 1. The summed E-state index contributed by atoms with van der Waals surface area (Å²) in [5.74, 6) is 0.496. The van der Waals surface area contributed by atoms with Gasteiger partial charge in [-0.15, -0.1) is 0 Å². The molecule has 0 heterocycles. The monoisotopic (exact) mass is 275 g/mol. The summed E-state index contributed by atoms with van der Waals surface area (Å²) in [7, 11) is 0. The van der Waals surface area contributed by atoms with Crippen molar-refractivity contribution in [2.75, 3.05) is 5.32 Å². The maximum absolute atomic E-state index is 13.1. The minimum absolute atomic E-state index is 0.281. The van der Waals surface area contributed by atoms with Gasteiger partial charge in [-0.25, -0.2) is 4.39 Å². The molecule has 3 rings (SSSR count). The fourth-order valence-electron chi connectivity index (χ4n) is 2.15. The van der Waals surface area contributed by atoms with Gasteiger partial charge in [-0.3, -0.25) is 0 Å². The molecule has 0 atom stereocenters. The van der Waals surface area contributed by atoms with Gasteiger partial charge in [0.1, 0.15) is 5.82 Å². The van der Waals surface area contributed by atoms with Crippen molar-refractivity contribution in [2.24, 2.45) is 0 Å². The highest BCUT2D eigenvalue weighted by Gasteiger charge is 2.22. The van der Waals surface area contributed by atoms with Gasteiger partial charge in [-0.05, 0) is 48.1 Å². The van der Waals surface area contributed by atoms with Crippen LogP contribution in [0.1, 0.15) is 29.9 Å². The first-order valence-electron chi connectivity index (χ1n) is 6.50. The highest BCUT2D eigenvalue weighted by atomic mass is 35.5. The molecule has 0 amide bonds. The molecular weight excluding hydrogens is 261 g/mol. The molecule has 1 aliphatic carbocycles. The molecule has 0 bridgehead atoms. The third kappa shape index (κ3) is 3.07. The van der Waals surface area contributed by atoms with Crippen molar-refractivity contribution in [3.63, 3.8) is 0 Å². The predicted molar refractivity (Wildman–Crippen MR) is 77.2 cm³/mol. The van der Waals surface area contributed by atoms with E-state index in [0.29, 0.717) is 17.3 Å². The molecule has 3 heteroatoms. The summed E-state index contributed by atoms with van der Waals surface area (Å²) in [6, 6.07) is 12.9. The molecule has 0 radical (unpaired) electrons. The average Bonchev–Trinajstić information content (AvgIpc) is 3.25. The van der Waals surface area contributed by atoms with Crippen LogP contribution >= 0.6 is 11.6 Å². The van der Waals surface area contributed by atoms with E-state index in [1.807, 2.05) is 0 Å². The summed E-state index contributed by atoms with van der Waals surface area (Å²) in [6.07, 6.45) is 2.63. The maximum Gasteiger partial charge on any atom is 0.125 e. The molecule has 98 valence electrons. The summed E-state index contributed by atoms with van der Waals surface area (Å²) in [5.41, 5.74) is 3.23. The van der Waals surface area contributed by atoms with Crippen molar-refractivity contribution < 1.29 is 4.39 Å². The molecule has 0 aromatic heterocycles. The van der Waals surface area contributed by atoms with Gasteiger partial charge in [0.05, 0.1) is 10.7 Å². The third-order valence-electron chi connectivity index (χ3n) is 3.44. The molecular formula is C16H15ClFN. The molecule has 0 saturated heterocycles. The van der Waals surface area contributed by atoms with Gasteiger partial charge >= 0.3 is 0 Å². The maximum atomic E-state index is 13.1. The molecule has 19 heavy (non-hydrogen) atoms. The molecule has 1 aliphatic rings. The van der Waals surface area contributed by atoms with Crippen LogP contribution in [0.2, 0.25) is 5.02 Å². The van der Waals surface area contributed by atoms with Gasteiger partial charge in [0.15, 0.2) is 0 Å². The lowest BCUT2D eigenvalue weighted by Gasteiger charge is -2.09. The summed E-state index contributed by atoms with van der Waals surface area (Å²) < 4.78 is 13.1. The molecule has 2 aromatic rings. The highest BCUT2D eigenvalue weighted by Crippen LogP contribution is 2.39. The van der Waals surface area contributed by atoms with Crippen molar-refractivity contribution in [1.82, 2.24) is 0 Å². The van der Waals surface area contributed by atoms with E-state index in [2.05, 4.69) is 29.6 Å². The van der Waals surface area contributed by atoms with E-state index in [9.17, 15) is 4.39 Å². The highest BCUT2D eigenvalue weighted by molar-refractivity contribution is 6.33. The Morgan fingerprint density at radius 3 is 2.53 bits per heavy atom. The number of hydrogen-bond donors (Lipinski definition) is 1. The largest absolute Gasteiger partial charge is 0.380 e. The average molecular weight is 276 g/mol. The van der Waals surface area contributed by atoms with E-state index in [0.717, 1.165) is 5.92 Å². The number of halogens is 2. The van der Waals surface area contributed by atoms with E-state index >= 15 is 0 Å².